The molecule has 1 N–H and O–H groups in total. The molecule has 1 aliphatic heterocycles. The quantitative estimate of drug-likeness (QED) is 0.863. The van der Waals surface area contributed by atoms with E-state index in [2.05, 4.69) is 22.2 Å². The van der Waals surface area contributed by atoms with Crippen molar-refractivity contribution >= 4 is 0 Å². The highest BCUT2D eigenvalue weighted by Gasteiger charge is 2.38. The third-order valence-electron chi connectivity index (χ3n) is 4.52. The Morgan fingerprint density at radius 1 is 1.19 bits per heavy atom. The summed E-state index contributed by atoms with van der Waals surface area (Å²) in [6, 6.07) is 0. The van der Waals surface area contributed by atoms with Gasteiger partial charge in [0.1, 0.15) is 5.82 Å². The van der Waals surface area contributed by atoms with Crippen LogP contribution in [0.15, 0.2) is 0 Å². The van der Waals surface area contributed by atoms with Crippen LogP contribution in [0.4, 0.5) is 13.2 Å². The Balaban J connectivity index is 2.01. The van der Waals surface area contributed by atoms with Crippen molar-refractivity contribution in [1.29, 1.82) is 0 Å². The Morgan fingerprint density at radius 2 is 2.00 bits per heavy atom. The van der Waals surface area contributed by atoms with Gasteiger partial charge in [0.2, 0.25) is 0 Å². The number of hydrogen-bond acceptors (Lipinski definition) is 3. The SMILES string of the molecule is CC1CCCC(c2nc3c(c(C(F)(F)F)n2)CCNC3)C1. The molecule has 21 heavy (non-hydrogen) atoms. The molecule has 1 aromatic heterocycles. The maximum atomic E-state index is 13.3. The second-order valence-corrected chi connectivity index (χ2v) is 6.25. The fraction of sp³-hybridized carbons (Fsp3) is 0.733. The van der Waals surface area contributed by atoms with E-state index in [0.717, 1.165) is 25.7 Å². The third kappa shape index (κ3) is 3.05. The van der Waals surface area contributed by atoms with Gasteiger partial charge in [-0.05, 0) is 31.7 Å². The van der Waals surface area contributed by atoms with Gasteiger partial charge >= 0.3 is 6.18 Å². The van der Waals surface area contributed by atoms with Crippen molar-refractivity contribution in [3.8, 4) is 0 Å². The molecule has 116 valence electrons. The first-order valence-electron chi connectivity index (χ1n) is 7.62. The lowest BCUT2D eigenvalue weighted by Crippen LogP contribution is -2.30. The molecular formula is C15H20F3N3. The van der Waals surface area contributed by atoms with Crippen LogP contribution in [-0.4, -0.2) is 16.5 Å². The summed E-state index contributed by atoms with van der Waals surface area (Å²) >= 11 is 0. The summed E-state index contributed by atoms with van der Waals surface area (Å²) in [7, 11) is 0. The number of hydrogen-bond donors (Lipinski definition) is 1. The molecule has 2 atom stereocenters. The normalized spacial score (nSPS) is 26.5. The number of rotatable bonds is 1. The molecular weight excluding hydrogens is 279 g/mol. The van der Waals surface area contributed by atoms with Crippen molar-refractivity contribution in [1.82, 2.24) is 15.3 Å². The minimum absolute atomic E-state index is 0.0714. The van der Waals surface area contributed by atoms with Gasteiger partial charge in [-0.3, -0.25) is 0 Å². The summed E-state index contributed by atoms with van der Waals surface area (Å²) in [6.07, 6.45) is -0.0523. The molecule has 3 nitrogen and oxygen atoms in total. The zero-order valence-electron chi connectivity index (χ0n) is 12.1. The molecule has 0 aromatic carbocycles. The van der Waals surface area contributed by atoms with E-state index < -0.39 is 11.9 Å². The van der Waals surface area contributed by atoms with Crippen molar-refractivity contribution in [2.24, 2.45) is 5.92 Å². The summed E-state index contributed by atoms with van der Waals surface area (Å²) in [4.78, 5) is 8.42. The fourth-order valence-electron chi connectivity index (χ4n) is 3.46. The second kappa shape index (κ2) is 5.55. The van der Waals surface area contributed by atoms with Crippen LogP contribution in [0.1, 0.15) is 61.3 Å². The van der Waals surface area contributed by atoms with E-state index in [0.29, 0.717) is 36.9 Å². The Hall–Kier alpha value is -1.17. The van der Waals surface area contributed by atoms with Crippen LogP contribution in [0, 0.1) is 5.92 Å². The summed E-state index contributed by atoms with van der Waals surface area (Å²) in [5.74, 6) is 1.01. The van der Waals surface area contributed by atoms with Crippen molar-refractivity contribution < 1.29 is 13.2 Å². The predicted molar refractivity (Wildman–Crippen MR) is 72.8 cm³/mol. The monoisotopic (exact) mass is 299 g/mol. The van der Waals surface area contributed by atoms with Gasteiger partial charge in [0, 0.05) is 18.0 Å². The van der Waals surface area contributed by atoms with Gasteiger partial charge in [-0.15, -0.1) is 0 Å². The Labute approximate surface area is 122 Å². The molecule has 2 heterocycles. The lowest BCUT2D eigenvalue weighted by Gasteiger charge is -2.28. The fourth-order valence-corrected chi connectivity index (χ4v) is 3.46. The van der Waals surface area contributed by atoms with Crippen molar-refractivity contribution in [3.63, 3.8) is 0 Å². The van der Waals surface area contributed by atoms with E-state index in [1.165, 1.54) is 0 Å². The highest BCUT2D eigenvalue weighted by atomic mass is 19.4. The van der Waals surface area contributed by atoms with Gasteiger partial charge in [0.05, 0.1) is 5.69 Å². The number of nitrogens with one attached hydrogen (secondary N) is 1. The van der Waals surface area contributed by atoms with Crippen molar-refractivity contribution in [3.05, 3.63) is 22.8 Å². The topological polar surface area (TPSA) is 37.8 Å². The molecule has 1 aliphatic carbocycles. The first kappa shape index (κ1) is 14.8. The van der Waals surface area contributed by atoms with E-state index in [4.69, 9.17) is 0 Å². The zero-order chi connectivity index (χ0) is 15.0. The average Bonchev–Trinajstić information content (AvgIpc) is 2.45. The van der Waals surface area contributed by atoms with Crippen LogP contribution in [0.3, 0.4) is 0 Å². The van der Waals surface area contributed by atoms with Gasteiger partial charge in [-0.25, -0.2) is 9.97 Å². The lowest BCUT2D eigenvalue weighted by molar-refractivity contribution is -0.142. The first-order valence-corrected chi connectivity index (χ1v) is 7.62. The van der Waals surface area contributed by atoms with E-state index >= 15 is 0 Å². The number of aromatic nitrogens is 2. The molecule has 0 amide bonds. The van der Waals surface area contributed by atoms with E-state index in [9.17, 15) is 13.2 Å². The number of halogens is 3. The van der Waals surface area contributed by atoms with E-state index in [1.54, 1.807) is 0 Å². The Morgan fingerprint density at radius 3 is 2.71 bits per heavy atom. The minimum Gasteiger partial charge on any atom is -0.311 e. The first-order chi connectivity index (χ1) is 9.95. The number of alkyl halides is 3. The van der Waals surface area contributed by atoms with E-state index in [-0.39, 0.29) is 11.5 Å². The molecule has 0 spiro atoms. The summed E-state index contributed by atoms with van der Waals surface area (Å²) < 4.78 is 39.9. The largest absolute Gasteiger partial charge is 0.433 e. The van der Waals surface area contributed by atoms with Gasteiger partial charge in [-0.2, -0.15) is 13.2 Å². The van der Waals surface area contributed by atoms with E-state index in [1.807, 2.05) is 0 Å². The molecule has 0 bridgehead atoms. The molecule has 2 aliphatic rings. The molecule has 1 aromatic rings. The maximum Gasteiger partial charge on any atom is 0.433 e. The molecule has 2 unspecified atom stereocenters. The molecule has 0 saturated heterocycles. The summed E-state index contributed by atoms with van der Waals surface area (Å²) in [5, 5.41) is 3.10. The van der Waals surface area contributed by atoms with Gasteiger partial charge in [-0.1, -0.05) is 19.8 Å². The highest BCUT2D eigenvalue weighted by Crippen LogP contribution is 2.38. The molecule has 3 rings (SSSR count). The standard InChI is InChI=1S/C15H20F3N3/c1-9-3-2-4-10(7-9)14-20-12-8-19-6-5-11(12)13(21-14)15(16,17)18/h9-10,19H,2-8H2,1H3. The van der Waals surface area contributed by atoms with Crippen molar-refractivity contribution in [2.75, 3.05) is 6.54 Å². The van der Waals surface area contributed by atoms with Crippen LogP contribution >= 0.6 is 0 Å². The highest BCUT2D eigenvalue weighted by molar-refractivity contribution is 5.31. The molecule has 1 saturated carbocycles. The minimum atomic E-state index is -4.39. The predicted octanol–water partition coefficient (Wildman–Crippen LogP) is 3.43. The van der Waals surface area contributed by atoms with Crippen LogP contribution in [-0.2, 0) is 19.1 Å². The second-order valence-electron chi connectivity index (χ2n) is 6.25. The van der Waals surface area contributed by atoms with Gasteiger partial charge in [0.25, 0.3) is 0 Å². The Kier molecular flexibility index (Phi) is 3.90. The third-order valence-corrected chi connectivity index (χ3v) is 4.52. The van der Waals surface area contributed by atoms with Gasteiger partial charge in [0.15, 0.2) is 5.69 Å². The number of fused-ring (bicyclic) bond motifs is 1. The number of nitrogens with zero attached hydrogens (tertiary/aromatic N) is 2. The van der Waals surface area contributed by atoms with Gasteiger partial charge < -0.3 is 5.32 Å². The van der Waals surface area contributed by atoms with Crippen molar-refractivity contribution in [2.45, 2.75) is 57.7 Å². The Bertz CT molecular complexity index is 528. The zero-order valence-corrected chi connectivity index (χ0v) is 12.1. The summed E-state index contributed by atoms with van der Waals surface area (Å²) in [5.41, 5.74) is 0.118. The molecule has 0 radical (unpaired) electrons. The smallest absolute Gasteiger partial charge is 0.311 e. The molecule has 6 heteroatoms. The molecule has 1 fully saturated rings. The lowest BCUT2D eigenvalue weighted by atomic mass is 9.82. The van der Waals surface area contributed by atoms with Crippen LogP contribution in [0.5, 0.6) is 0 Å². The van der Waals surface area contributed by atoms with Crippen LogP contribution in [0.25, 0.3) is 0 Å². The maximum absolute atomic E-state index is 13.3. The average molecular weight is 299 g/mol. The summed E-state index contributed by atoms with van der Waals surface area (Å²) in [6.45, 7) is 3.12. The van der Waals surface area contributed by atoms with Crippen LogP contribution in [0.2, 0.25) is 0 Å². The van der Waals surface area contributed by atoms with Crippen LogP contribution < -0.4 is 5.32 Å².